The van der Waals surface area contributed by atoms with Gasteiger partial charge in [-0.1, -0.05) is 24.9 Å². The minimum absolute atomic E-state index is 0.0367. The fourth-order valence-electron chi connectivity index (χ4n) is 1.91. The number of benzene rings is 1. The lowest BCUT2D eigenvalue weighted by Crippen LogP contribution is -2.12. The van der Waals surface area contributed by atoms with Crippen LogP contribution in [0.2, 0.25) is 5.02 Å². The Bertz CT molecular complexity index is 643. The number of carbonyl (C=O) groups excluding carboxylic acids is 1. The number of halogens is 1. The van der Waals surface area contributed by atoms with Crippen LogP contribution in [0.5, 0.6) is 0 Å². The quantitative estimate of drug-likeness (QED) is 0.832. The smallest absolute Gasteiger partial charge is 0.225 e. The lowest BCUT2D eigenvalue weighted by atomic mass is 10.2. The first kappa shape index (κ1) is 16.2. The molecule has 22 heavy (non-hydrogen) atoms. The highest BCUT2D eigenvalue weighted by molar-refractivity contribution is 6.30. The van der Waals surface area contributed by atoms with Gasteiger partial charge in [-0.15, -0.1) is 10.2 Å². The largest absolute Gasteiger partial charge is 0.339 e. The fourth-order valence-corrected chi connectivity index (χ4v) is 2.14. The molecule has 1 aromatic heterocycles. The van der Waals surface area contributed by atoms with Gasteiger partial charge in [0, 0.05) is 17.1 Å². The summed E-state index contributed by atoms with van der Waals surface area (Å²) in [4.78, 5) is 11.6. The predicted molar refractivity (Wildman–Crippen MR) is 89.7 cm³/mol. The van der Waals surface area contributed by atoms with Crippen molar-refractivity contribution in [3.05, 3.63) is 40.9 Å². The first-order valence-electron chi connectivity index (χ1n) is 7.25. The number of unbranched alkanes of at least 4 members (excludes halogenated alkanes) is 1. The molecule has 1 heterocycles. The molecule has 0 aliphatic carbocycles. The predicted octanol–water partition coefficient (Wildman–Crippen LogP) is 4.31. The number of anilines is 3. The summed E-state index contributed by atoms with van der Waals surface area (Å²) in [6.07, 6.45) is 2.36. The van der Waals surface area contributed by atoms with E-state index in [1.54, 1.807) is 12.1 Å². The molecule has 0 saturated carbocycles. The second kappa shape index (κ2) is 7.75. The standard InChI is InChI=1S/C16H19ClN4O/c1-3-4-5-16(22)19-15-9-8-14(20-21-15)18-13-7-6-12(17)10-11(13)2/h6-10H,3-5H2,1-2H3,(H,18,20)(H,19,21,22). The van der Waals surface area contributed by atoms with Crippen molar-refractivity contribution in [1.29, 1.82) is 0 Å². The van der Waals surface area contributed by atoms with Gasteiger partial charge >= 0.3 is 0 Å². The van der Waals surface area contributed by atoms with Crippen LogP contribution in [0.25, 0.3) is 0 Å². The van der Waals surface area contributed by atoms with Crippen LogP contribution in [-0.2, 0) is 4.79 Å². The third-order valence-electron chi connectivity index (χ3n) is 3.14. The number of rotatable bonds is 6. The molecule has 0 aliphatic heterocycles. The van der Waals surface area contributed by atoms with Crippen molar-refractivity contribution in [2.75, 3.05) is 10.6 Å². The van der Waals surface area contributed by atoms with E-state index in [2.05, 4.69) is 20.8 Å². The minimum atomic E-state index is -0.0367. The van der Waals surface area contributed by atoms with Gasteiger partial charge in [0.2, 0.25) is 5.91 Å². The average molecular weight is 319 g/mol. The molecule has 116 valence electrons. The highest BCUT2D eigenvalue weighted by Gasteiger charge is 2.05. The highest BCUT2D eigenvalue weighted by atomic mass is 35.5. The second-order valence-corrected chi connectivity index (χ2v) is 5.48. The first-order chi connectivity index (χ1) is 10.6. The third-order valence-corrected chi connectivity index (χ3v) is 3.38. The molecule has 1 amide bonds. The normalized spacial score (nSPS) is 10.3. The van der Waals surface area contributed by atoms with Crippen LogP contribution in [0.1, 0.15) is 31.7 Å². The van der Waals surface area contributed by atoms with Crippen LogP contribution >= 0.6 is 11.6 Å². The molecule has 6 heteroatoms. The molecular formula is C16H19ClN4O. The van der Waals surface area contributed by atoms with Gasteiger partial charge in [0.15, 0.2) is 11.6 Å². The number of nitrogens with one attached hydrogen (secondary N) is 2. The van der Waals surface area contributed by atoms with Gasteiger partial charge in [-0.3, -0.25) is 4.79 Å². The molecule has 5 nitrogen and oxygen atoms in total. The van der Waals surface area contributed by atoms with Crippen molar-refractivity contribution in [2.45, 2.75) is 33.1 Å². The zero-order chi connectivity index (χ0) is 15.9. The van der Waals surface area contributed by atoms with Gasteiger partial charge in [-0.05, 0) is 49.2 Å². The summed E-state index contributed by atoms with van der Waals surface area (Å²) in [5, 5.41) is 14.7. The SMILES string of the molecule is CCCCC(=O)Nc1ccc(Nc2ccc(Cl)cc2C)nn1. The zero-order valence-corrected chi connectivity index (χ0v) is 13.4. The lowest BCUT2D eigenvalue weighted by molar-refractivity contribution is -0.116. The van der Waals surface area contributed by atoms with E-state index in [-0.39, 0.29) is 5.91 Å². The molecule has 1 aromatic carbocycles. The Morgan fingerprint density at radius 1 is 1.18 bits per heavy atom. The Hall–Kier alpha value is -2.14. The van der Waals surface area contributed by atoms with Crippen LogP contribution in [-0.4, -0.2) is 16.1 Å². The Kier molecular flexibility index (Phi) is 5.72. The first-order valence-corrected chi connectivity index (χ1v) is 7.63. The molecule has 0 unspecified atom stereocenters. The second-order valence-electron chi connectivity index (χ2n) is 5.04. The van der Waals surface area contributed by atoms with Crippen molar-refractivity contribution in [1.82, 2.24) is 10.2 Å². The van der Waals surface area contributed by atoms with Gasteiger partial charge in [0.1, 0.15) is 0 Å². The molecule has 0 saturated heterocycles. The van der Waals surface area contributed by atoms with E-state index in [1.807, 2.05) is 32.0 Å². The van der Waals surface area contributed by atoms with Crippen LogP contribution in [0.3, 0.4) is 0 Å². The topological polar surface area (TPSA) is 66.9 Å². The van der Waals surface area contributed by atoms with Crippen molar-refractivity contribution in [3.63, 3.8) is 0 Å². The van der Waals surface area contributed by atoms with Gasteiger partial charge in [-0.25, -0.2) is 0 Å². The van der Waals surface area contributed by atoms with Crippen molar-refractivity contribution < 1.29 is 4.79 Å². The molecule has 2 aromatic rings. The minimum Gasteiger partial charge on any atom is -0.339 e. The fraction of sp³-hybridized carbons (Fsp3) is 0.312. The number of aryl methyl sites for hydroxylation is 1. The summed E-state index contributed by atoms with van der Waals surface area (Å²) in [5.41, 5.74) is 1.93. The average Bonchev–Trinajstić information content (AvgIpc) is 2.50. The summed E-state index contributed by atoms with van der Waals surface area (Å²) >= 11 is 5.93. The monoisotopic (exact) mass is 318 g/mol. The molecule has 0 aliphatic rings. The number of hydrogen-bond acceptors (Lipinski definition) is 4. The maximum absolute atomic E-state index is 11.6. The number of aromatic nitrogens is 2. The van der Waals surface area contributed by atoms with Gasteiger partial charge in [0.25, 0.3) is 0 Å². The van der Waals surface area contributed by atoms with Crippen molar-refractivity contribution in [2.24, 2.45) is 0 Å². The van der Waals surface area contributed by atoms with Crippen LogP contribution in [0.4, 0.5) is 17.3 Å². The van der Waals surface area contributed by atoms with Crippen LogP contribution in [0.15, 0.2) is 30.3 Å². The summed E-state index contributed by atoms with van der Waals surface area (Å²) < 4.78 is 0. The Morgan fingerprint density at radius 2 is 1.91 bits per heavy atom. The van der Waals surface area contributed by atoms with Gasteiger partial charge < -0.3 is 10.6 Å². The summed E-state index contributed by atoms with van der Waals surface area (Å²) in [7, 11) is 0. The number of carbonyl (C=O) groups is 1. The van der Waals surface area contributed by atoms with E-state index in [0.29, 0.717) is 23.1 Å². The molecule has 0 atom stereocenters. The molecule has 0 radical (unpaired) electrons. The lowest BCUT2D eigenvalue weighted by Gasteiger charge is -2.09. The Labute approximate surface area is 135 Å². The van der Waals surface area contributed by atoms with E-state index in [1.165, 1.54) is 0 Å². The van der Waals surface area contributed by atoms with E-state index in [4.69, 9.17) is 11.6 Å². The molecule has 2 N–H and O–H groups in total. The summed E-state index contributed by atoms with van der Waals surface area (Å²) in [6.45, 7) is 4.01. The van der Waals surface area contributed by atoms with Crippen molar-refractivity contribution >= 4 is 34.8 Å². The third kappa shape index (κ3) is 4.70. The number of amides is 1. The number of hydrogen-bond donors (Lipinski definition) is 2. The molecule has 2 rings (SSSR count). The van der Waals surface area contributed by atoms with E-state index in [0.717, 1.165) is 24.1 Å². The maximum atomic E-state index is 11.6. The Balaban J connectivity index is 1.98. The molecule has 0 spiro atoms. The zero-order valence-electron chi connectivity index (χ0n) is 12.7. The van der Waals surface area contributed by atoms with Gasteiger partial charge in [-0.2, -0.15) is 0 Å². The summed E-state index contributed by atoms with van der Waals surface area (Å²) in [5.74, 6) is 1.03. The summed E-state index contributed by atoms with van der Waals surface area (Å²) in [6, 6.07) is 9.08. The Morgan fingerprint density at radius 3 is 2.55 bits per heavy atom. The van der Waals surface area contributed by atoms with Gasteiger partial charge in [0.05, 0.1) is 0 Å². The molecule has 0 bridgehead atoms. The van der Waals surface area contributed by atoms with Crippen LogP contribution in [0, 0.1) is 6.92 Å². The maximum Gasteiger partial charge on any atom is 0.225 e. The van der Waals surface area contributed by atoms with E-state index < -0.39 is 0 Å². The van der Waals surface area contributed by atoms with Crippen molar-refractivity contribution in [3.8, 4) is 0 Å². The van der Waals surface area contributed by atoms with E-state index in [9.17, 15) is 4.79 Å². The molecule has 0 fully saturated rings. The number of nitrogens with zero attached hydrogens (tertiary/aromatic N) is 2. The highest BCUT2D eigenvalue weighted by Crippen LogP contribution is 2.22. The van der Waals surface area contributed by atoms with Crippen LogP contribution < -0.4 is 10.6 Å². The molecular weight excluding hydrogens is 300 g/mol. The van der Waals surface area contributed by atoms with E-state index >= 15 is 0 Å².